The molecule has 0 heterocycles. The van der Waals surface area contributed by atoms with Crippen LogP contribution in [0.5, 0.6) is 11.5 Å². The Hall–Kier alpha value is -1.52. The second kappa shape index (κ2) is 5.63. The first-order valence-electron chi connectivity index (χ1n) is 5.55. The molecule has 19 heavy (non-hydrogen) atoms. The predicted molar refractivity (Wildman–Crippen MR) is 81.4 cm³/mol. The molecule has 0 amide bonds. The molecular weight excluding hydrogens is 328 g/mol. The van der Waals surface area contributed by atoms with E-state index < -0.39 is 0 Å². The van der Waals surface area contributed by atoms with Crippen LogP contribution in [-0.2, 0) is 0 Å². The predicted octanol–water partition coefficient (Wildman–Crippen LogP) is 4.49. The lowest BCUT2D eigenvalue weighted by molar-refractivity contribution is 0.479. The fourth-order valence-electron chi connectivity index (χ4n) is 1.61. The van der Waals surface area contributed by atoms with Crippen LogP contribution in [0.3, 0.4) is 0 Å². The molecule has 0 aliphatic rings. The Balaban J connectivity index is 2.31. The fraction of sp³-hybridized carbons (Fsp3) is 0.0714. The number of aryl methyl sites for hydroxylation is 1. The van der Waals surface area contributed by atoms with Crippen LogP contribution in [0.25, 0.3) is 0 Å². The number of benzene rings is 2. The first-order valence-corrected chi connectivity index (χ1v) is 6.72. The number of nitrogen functional groups attached to an aromatic ring is 1. The van der Waals surface area contributed by atoms with Gasteiger partial charge in [-0.15, -0.1) is 0 Å². The van der Waals surface area contributed by atoms with Gasteiger partial charge in [0.15, 0.2) is 0 Å². The van der Waals surface area contributed by atoms with Crippen molar-refractivity contribution < 1.29 is 4.74 Å². The lowest BCUT2D eigenvalue weighted by atomic mass is 10.1. The number of hydrogen-bond donors (Lipinski definition) is 2. The number of amidine groups is 1. The van der Waals surface area contributed by atoms with Crippen molar-refractivity contribution >= 4 is 33.4 Å². The van der Waals surface area contributed by atoms with E-state index in [2.05, 4.69) is 15.9 Å². The molecule has 5 heteroatoms. The van der Waals surface area contributed by atoms with E-state index in [0.29, 0.717) is 22.1 Å². The van der Waals surface area contributed by atoms with Gasteiger partial charge in [0.25, 0.3) is 0 Å². The van der Waals surface area contributed by atoms with Gasteiger partial charge in [0.2, 0.25) is 0 Å². The van der Waals surface area contributed by atoms with Gasteiger partial charge >= 0.3 is 0 Å². The highest BCUT2D eigenvalue weighted by atomic mass is 79.9. The number of hydrogen-bond acceptors (Lipinski definition) is 2. The van der Waals surface area contributed by atoms with Crippen LogP contribution in [0.2, 0.25) is 5.02 Å². The van der Waals surface area contributed by atoms with Gasteiger partial charge in [0, 0.05) is 10.0 Å². The Morgan fingerprint density at radius 2 is 1.89 bits per heavy atom. The lowest BCUT2D eigenvalue weighted by Crippen LogP contribution is -2.11. The van der Waals surface area contributed by atoms with E-state index in [9.17, 15) is 0 Å². The molecule has 2 aromatic rings. The summed E-state index contributed by atoms with van der Waals surface area (Å²) < 4.78 is 6.66. The number of nitrogens with two attached hydrogens (primary N) is 1. The Kier molecular flexibility index (Phi) is 4.12. The van der Waals surface area contributed by atoms with E-state index in [1.807, 2.05) is 19.1 Å². The first kappa shape index (κ1) is 13.9. The summed E-state index contributed by atoms with van der Waals surface area (Å²) in [5.74, 6) is 1.31. The Bertz CT molecular complexity index is 643. The number of ether oxygens (including phenoxy) is 1. The molecule has 0 atom stereocenters. The topological polar surface area (TPSA) is 59.1 Å². The molecule has 98 valence electrons. The van der Waals surface area contributed by atoms with Crippen molar-refractivity contribution in [1.29, 1.82) is 5.41 Å². The van der Waals surface area contributed by atoms with E-state index in [-0.39, 0.29) is 5.84 Å². The average molecular weight is 340 g/mol. The van der Waals surface area contributed by atoms with Crippen LogP contribution in [0, 0.1) is 12.3 Å². The van der Waals surface area contributed by atoms with Crippen molar-refractivity contribution in [1.82, 2.24) is 0 Å². The lowest BCUT2D eigenvalue weighted by Gasteiger charge is -2.11. The summed E-state index contributed by atoms with van der Waals surface area (Å²) in [5, 5.41) is 7.92. The molecule has 0 saturated heterocycles. The van der Waals surface area contributed by atoms with Crippen molar-refractivity contribution in [2.75, 3.05) is 0 Å². The molecule has 0 radical (unpaired) electrons. The molecule has 3 N–H and O–H groups in total. The molecule has 0 aliphatic carbocycles. The molecule has 0 aliphatic heterocycles. The summed E-state index contributed by atoms with van der Waals surface area (Å²) in [5.41, 5.74) is 7.01. The molecule has 2 aromatic carbocycles. The minimum atomic E-state index is 0.0383. The van der Waals surface area contributed by atoms with Gasteiger partial charge in [-0.1, -0.05) is 27.5 Å². The molecular formula is C14H12BrClN2O. The van der Waals surface area contributed by atoms with Gasteiger partial charge < -0.3 is 10.5 Å². The van der Waals surface area contributed by atoms with Crippen molar-refractivity contribution in [3.05, 3.63) is 57.0 Å². The van der Waals surface area contributed by atoms with Gasteiger partial charge in [-0.3, -0.25) is 5.41 Å². The van der Waals surface area contributed by atoms with Crippen molar-refractivity contribution in [2.24, 2.45) is 5.73 Å². The van der Waals surface area contributed by atoms with Crippen LogP contribution in [-0.4, -0.2) is 5.84 Å². The zero-order valence-electron chi connectivity index (χ0n) is 10.2. The van der Waals surface area contributed by atoms with Gasteiger partial charge in [-0.2, -0.15) is 0 Å². The highest BCUT2D eigenvalue weighted by Crippen LogP contribution is 2.33. The van der Waals surface area contributed by atoms with Crippen molar-refractivity contribution in [2.45, 2.75) is 6.92 Å². The van der Waals surface area contributed by atoms with Crippen LogP contribution >= 0.6 is 27.5 Å². The normalized spacial score (nSPS) is 10.3. The smallest absolute Gasteiger partial charge is 0.146 e. The molecule has 0 saturated carbocycles. The maximum absolute atomic E-state index is 7.39. The third-order valence-electron chi connectivity index (χ3n) is 2.60. The van der Waals surface area contributed by atoms with Crippen molar-refractivity contribution in [3.63, 3.8) is 0 Å². The van der Waals surface area contributed by atoms with Gasteiger partial charge in [0.05, 0.1) is 5.02 Å². The van der Waals surface area contributed by atoms with E-state index in [4.69, 9.17) is 27.5 Å². The summed E-state index contributed by atoms with van der Waals surface area (Å²) in [6.45, 7) is 1.90. The quantitative estimate of drug-likeness (QED) is 0.639. The molecule has 3 nitrogen and oxygen atoms in total. The Morgan fingerprint density at radius 1 is 1.21 bits per heavy atom. The number of nitrogens with one attached hydrogen (secondary N) is 1. The van der Waals surface area contributed by atoms with Crippen LogP contribution < -0.4 is 10.5 Å². The van der Waals surface area contributed by atoms with Gasteiger partial charge in [-0.25, -0.2) is 0 Å². The summed E-state index contributed by atoms with van der Waals surface area (Å²) in [6.07, 6.45) is 0. The minimum absolute atomic E-state index is 0.0383. The molecule has 0 bridgehead atoms. The maximum atomic E-state index is 7.39. The summed E-state index contributed by atoms with van der Waals surface area (Å²) in [6, 6.07) is 10.8. The van der Waals surface area contributed by atoms with Crippen molar-refractivity contribution in [3.8, 4) is 11.5 Å². The standard InChI is InChI=1S/C14H12BrClN2O/c1-8-6-9(14(17)18)2-4-12(8)19-13-5-3-10(15)7-11(13)16/h2-7H,1H3,(H3,17,18). The zero-order valence-corrected chi connectivity index (χ0v) is 12.5. The highest BCUT2D eigenvalue weighted by molar-refractivity contribution is 9.10. The molecule has 0 aromatic heterocycles. The Labute approximate surface area is 125 Å². The monoisotopic (exact) mass is 338 g/mol. The minimum Gasteiger partial charge on any atom is -0.456 e. The average Bonchev–Trinajstić information content (AvgIpc) is 2.34. The second-order valence-corrected chi connectivity index (χ2v) is 5.39. The number of halogens is 2. The maximum Gasteiger partial charge on any atom is 0.146 e. The molecule has 0 fully saturated rings. The van der Waals surface area contributed by atoms with Gasteiger partial charge in [0.1, 0.15) is 17.3 Å². The third kappa shape index (κ3) is 3.28. The summed E-state index contributed by atoms with van der Waals surface area (Å²) in [4.78, 5) is 0. The molecule has 2 rings (SSSR count). The van der Waals surface area contributed by atoms with Crippen LogP contribution in [0.4, 0.5) is 0 Å². The zero-order chi connectivity index (χ0) is 14.0. The van der Waals surface area contributed by atoms with Crippen LogP contribution in [0.15, 0.2) is 40.9 Å². The fourth-order valence-corrected chi connectivity index (χ4v) is 2.32. The first-order chi connectivity index (χ1) is 8.97. The van der Waals surface area contributed by atoms with E-state index in [0.717, 1.165) is 10.0 Å². The SMILES string of the molecule is Cc1cc(C(=N)N)ccc1Oc1ccc(Br)cc1Cl. The Morgan fingerprint density at radius 3 is 2.47 bits per heavy atom. The highest BCUT2D eigenvalue weighted by Gasteiger charge is 2.07. The third-order valence-corrected chi connectivity index (χ3v) is 3.39. The second-order valence-electron chi connectivity index (χ2n) is 4.07. The van der Waals surface area contributed by atoms with E-state index in [1.54, 1.807) is 24.3 Å². The summed E-state index contributed by atoms with van der Waals surface area (Å²) in [7, 11) is 0. The van der Waals surface area contributed by atoms with Crippen LogP contribution in [0.1, 0.15) is 11.1 Å². The van der Waals surface area contributed by atoms with Gasteiger partial charge in [-0.05, 0) is 48.9 Å². The molecule has 0 spiro atoms. The van der Waals surface area contributed by atoms with E-state index in [1.165, 1.54) is 0 Å². The number of rotatable bonds is 3. The molecule has 0 unspecified atom stereocenters. The largest absolute Gasteiger partial charge is 0.456 e. The summed E-state index contributed by atoms with van der Waals surface area (Å²) >= 11 is 9.45. The van der Waals surface area contributed by atoms with E-state index >= 15 is 0 Å².